The molecular weight excluding hydrogens is 720 g/mol. The Kier molecular flexibility index (Phi) is 37.1. The number of carbonyl (C=O) groups excluding carboxylic acids is 2. The van der Waals surface area contributed by atoms with Crippen LogP contribution in [0.3, 0.4) is 0 Å². The fourth-order valence-electron chi connectivity index (χ4n) is 6.65. The second-order valence-electron chi connectivity index (χ2n) is 15.0. The van der Waals surface area contributed by atoms with Gasteiger partial charge in [-0.05, 0) is 56.7 Å². The zero-order valence-electron chi connectivity index (χ0n) is 35.4. The maximum absolute atomic E-state index is 12.9. The molecule has 0 unspecified atom stereocenters. The molecule has 9 heteroatoms. The van der Waals surface area contributed by atoms with E-state index in [0.29, 0.717) is 12.8 Å². The molecule has 0 aliphatic carbocycles. The first-order valence-corrected chi connectivity index (χ1v) is 23.5. The van der Waals surface area contributed by atoms with Crippen molar-refractivity contribution in [1.29, 1.82) is 0 Å². The van der Waals surface area contributed by atoms with Gasteiger partial charge in [0.25, 0.3) is 0 Å². The first-order chi connectivity index (χ1) is 26.3. The van der Waals surface area contributed by atoms with Crippen molar-refractivity contribution in [3.8, 4) is 0 Å². The van der Waals surface area contributed by atoms with Gasteiger partial charge in [0.05, 0.1) is 29.2 Å². The standard InChI is InChI=1S/C46H78O7S.Na/c1-3-5-7-9-11-13-15-17-19-21-23-25-27-29-31-33-35-39-52-45(47)43-38-37-42(54(49,50)51)41-44(43)46(48)53-40-36-34-32-30-28-26-24-22-20-18-16-14-12-10-8-6-4-2;/h31-34,37-38,41H,3-30,35-36,39-40H2,1-2H3,(H,49,50,51);/q;+1/p-1/b33-31+,34-32+;. The Morgan fingerprint density at radius 3 is 1.15 bits per heavy atom. The summed E-state index contributed by atoms with van der Waals surface area (Å²) >= 11 is 0. The molecule has 310 valence electrons. The quantitative estimate of drug-likeness (QED) is 0.0217. The molecule has 0 aliphatic heterocycles. The van der Waals surface area contributed by atoms with E-state index in [4.69, 9.17) is 9.47 Å². The molecule has 1 rings (SSSR count). The summed E-state index contributed by atoms with van der Waals surface area (Å²) in [6, 6.07) is 3.06. The van der Waals surface area contributed by atoms with Crippen LogP contribution >= 0.6 is 0 Å². The average molecular weight is 797 g/mol. The van der Waals surface area contributed by atoms with Crippen LogP contribution in [0.1, 0.15) is 227 Å². The summed E-state index contributed by atoms with van der Waals surface area (Å²) in [6.07, 6.45) is 45.6. The monoisotopic (exact) mass is 797 g/mol. The van der Waals surface area contributed by atoms with Crippen molar-refractivity contribution in [1.82, 2.24) is 0 Å². The van der Waals surface area contributed by atoms with E-state index in [9.17, 15) is 22.6 Å². The van der Waals surface area contributed by atoms with Gasteiger partial charge in [0.15, 0.2) is 0 Å². The van der Waals surface area contributed by atoms with Crippen molar-refractivity contribution in [2.24, 2.45) is 0 Å². The molecule has 1 aromatic carbocycles. The van der Waals surface area contributed by atoms with Crippen molar-refractivity contribution in [3.05, 3.63) is 53.6 Å². The molecule has 0 atom stereocenters. The number of unbranched alkanes of at least 4 members (excludes halogenated alkanes) is 26. The zero-order valence-corrected chi connectivity index (χ0v) is 38.3. The molecular formula is C46H77NaO7S. The predicted octanol–water partition coefficient (Wildman–Crippen LogP) is 10.8. The summed E-state index contributed by atoms with van der Waals surface area (Å²) in [4.78, 5) is 25.2. The number of benzene rings is 1. The molecule has 7 nitrogen and oxygen atoms in total. The Labute approximate surface area is 359 Å². The van der Waals surface area contributed by atoms with Gasteiger partial charge in [-0.25, -0.2) is 18.0 Å². The number of hydrogen-bond donors (Lipinski definition) is 0. The number of carbonyl (C=O) groups is 2. The molecule has 0 spiro atoms. The minimum atomic E-state index is -4.83. The Balaban J connectivity index is 0.0000292. The van der Waals surface area contributed by atoms with Crippen molar-refractivity contribution < 1.29 is 61.6 Å². The number of allylic oxidation sites excluding steroid dienone is 2. The van der Waals surface area contributed by atoms with Gasteiger partial charge in [0.2, 0.25) is 0 Å². The van der Waals surface area contributed by atoms with E-state index in [1.54, 1.807) is 0 Å². The van der Waals surface area contributed by atoms with E-state index in [0.717, 1.165) is 43.9 Å². The zero-order chi connectivity index (χ0) is 39.4. The molecule has 0 aliphatic rings. The maximum Gasteiger partial charge on any atom is 1.00 e. The third kappa shape index (κ3) is 31.3. The minimum Gasteiger partial charge on any atom is -0.744 e. The van der Waals surface area contributed by atoms with Gasteiger partial charge in [-0.2, -0.15) is 0 Å². The largest absolute Gasteiger partial charge is 1.00 e. The van der Waals surface area contributed by atoms with Crippen molar-refractivity contribution >= 4 is 22.1 Å². The topological polar surface area (TPSA) is 110 Å². The van der Waals surface area contributed by atoms with E-state index < -0.39 is 27.0 Å². The molecule has 0 amide bonds. The van der Waals surface area contributed by atoms with E-state index in [-0.39, 0.29) is 53.9 Å². The Bertz CT molecular complexity index is 1240. The maximum atomic E-state index is 12.9. The molecule has 1 aromatic rings. The van der Waals surface area contributed by atoms with E-state index in [2.05, 4.69) is 26.0 Å². The molecule has 0 bridgehead atoms. The van der Waals surface area contributed by atoms with Gasteiger partial charge < -0.3 is 14.0 Å². The normalized spacial score (nSPS) is 11.7. The van der Waals surface area contributed by atoms with Gasteiger partial charge in [-0.15, -0.1) is 0 Å². The van der Waals surface area contributed by atoms with Crippen LogP contribution in [-0.2, 0) is 19.6 Å². The van der Waals surface area contributed by atoms with Crippen LogP contribution < -0.4 is 29.6 Å². The predicted molar refractivity (Wildman–Crippen MR) is 223 cm³/mol. The molecule has 0 N–H and O–H groups in total. The number of hydrogen-bond acceptors (Lipinski definition) is 7. The molecule has 0 saturated carbocycles. The van der Waals surface area contributed by atoms with Crippen molar-refractivity contribution in [2.45, 2.75) is 211 Å². The summed E-state index contributed by atoms with van der Waals surface area (Å²) in [7, 11) is -4.83. The fraction of sp³-hybridized carbons (Fsp3) is 0.739. The van der Waals surface area contributed by atoms with Crippen LogP contribution in [0, 0.1) is 0 Å². The van der Waals surface area contributed by atoms with Crippen LogP contribution in [0.5, 0.6) is 0 Å². The second-order valence-corrected chi connectivity index (χ2v) is 16.4. The van der Waals surface area contributed by atoms with Gasteiger partial charge in [-0.3, -0.25) is 0 Å². The molecule has 0 fully saturated rings. The number of esters is 2. The van der Waals surface area contributed by atoms with Crippen molar-refractivity contribution in [3.63, 3.8) is 0 Å². The third-order valence-corrected chi connectivity index (χ3v) is 10.9. The van der Waals surface area contributed by atoms with Gasteiger partial charge in [0.1, 0.15) is 10.1 Å². The molecule has 0 heterocycles. The molecule has 0 radical (unpaired) electrons. The number of ether oxygens (including phenoxy) is 2. The summed E-state index contributed by atoms with van der Waals surface area (Å²) < 4.78 is 45.6. The first-order valence-electron chi connectivity index (χ1n) is 22.0. The molecule has 0 saturated heterocycles. The fourth-order valence-corrected chi connectivity index (χ4v) is 7.15. The Morgan fingerprint density at radius 1 is 0.491 bits per heavy atom. The van der Waals surface area contributed by atoms with Crippen LogP contribution in [0.15, 0.2) is 47.4 Å². The van der Waals surface area contributed by atoms with Crippen LogP contribution in [-0.4, -0.2) is 38.1 Å². The average Bonchev–Trinajstić information content (AvgIpc) is 3.16. The third-order valence-electron chi connectivity index (χ3n) is 10.0. The SMILES string of the molecule is CCCCCCCCCCCCCCC/C=C/CCOC(=O)c1ccc(S(=O)(=O)[O-])cc1C(=O)OCC/C=C/CCCCCCCCCCCCCCC.[Na+]. The van der Waals surface area contributed by atoms with E-state index >= 15 is 0 Å². The summed E-state index contributed by atoms with van der Waals surface area (Å²) in [5.41, 5.74) is -0.410. The second kappa shape index (κ2) is 38.1. The van der Waals surface area contributed by atoms with Crippen molar-refractivity contribution in [2.75, 3.05) is 13.2 Å². The van der Waals surface area contributed by atoms with Gasteiger partial charge in [-0.1, -0.05) is 192 Å². The summed E-state index contributed by atoms with van der Waals surface area (Å²) in [5.74, 6) is -1.63. The number of rotatable bonds is 37. The van der Waals surface area contributed by atoms with Gasteiger partial charge in [0, 0.05) is 0 Å². The summed E-state index contributed by atoms with van der Waals surface area (Å²) in [6.45, 7) is 4.71. The van der Waals surface area contributed by atoms with Gasteiger partial charge >= 0.3 is 41.5 Å². The van der Waals surface area contributed by atoms with Crippen LogP contribution in [0.4, 0.5) is 0 Å². The Morgan fingerprint density at radius 2 is 0.800 bits per heavy atom. The van der Waals surface area contributed by atoms with E-state index in [1.165, 1.54) is 154 Å². The molecule has 55 heavy (non-hydrogen) atoms. The Hall–Kier alpha value is -1.45. The van der Waals surface area contributed by atoms with Crippen LogP contribution in [0.2, 0.25) is 0 Å². The molecule has 0 aromatic heterocycles. The first kappa shape index (κ1) is 53.6. The summed E-state index contributed by atoms with van der Waals surface area (Å²) in [5, 5.41) is 0. The minimum absolute atomic E-state index is 0. The smallest absolute Gasteiger partial charge is 0.744 e. The van der Waals surface area contributed by atoms with E-state index in [1.807, 2.05) is 12.2 Å². The van der Waals surface area contributed by atoms with Crippen LogP contribution in [0.25, 0.3) is 0 Å².